The molecule has 0 unspecified atom stereocenters. The summed E-state index contributed by atoms with van der Waals surface area (Å²) in [6.45, 7) is -1.09. The first-order chi connectivity index (χ1) is 15.2. The van der Waals surface area contributed by atoms with Gasteiger partial charge in [-0.05, 0) is 42.7 Å². The van der Waals surface area contributed by atoms with Crippen molar-refractivity contribution >= 4 is 22.7 Å². The molecule has 0 bridgehead atoms. The molecule has 1 N–H and O–H groups in total. The molecule has 0 aliphatic heterocycles. The second-order valence-electron chi connectivity index (χ2n) is 8.04. The van der Waals surface area contributed by atoms with Gasteiger partial charge in [-0.15, -0.1) is 0 Å². The third-order valence-corrected chi connectivity index (χ3v) is 5.39. The Hall–Kier alpha value is -3.42. The topological polar surface area (TPSA) is 62.3 Å². The summed E-state index contributed by atoms with van der Waals surface area (Å²) >= 11 is 0. The zero-order valence-corrected chi connectivity index (χ0v) is 17.4. The summed E-state index contributed by atoms with van der Waals surface area (Å²) in [5.41, 5.74) is 3.22. The molecule has 5 nitrogen and oxygen atoms in total. The Bertz CT molecular complexity index is 1160. The van der Waals surface area contributed by atoms with Crippen molar-refractivity contribution in [3.8, 4) is 0 Å². The first-order valence-corrected chi connectivity index (χ1v) is 10.3. The van der Waals surface area contributed by atoms with Crippen LogP contribution in [0.3, 0.4) is 0 Å². The molecule has 0 radical (unpaired) electrons. The fourth-order valence-corrected chi connectivity index (χ4v) is 3.56. The van der Waals surface area contributed by atoms with E-state index in [0.717, 1.165) is 35.0 Å². The summed E-state index contributed by atoms with van der Waals surface area (Å²) < 4.78 is 36.8. The highest BCUT2D eigenvalue weighted by Gasteiger charge is 2.28. The van der Waals surface area contributed by atoms with Gasteiger partial charge in [-0.3, -0.25) is 14.6 Å². The van der Waals surface area contributed by atoms with Gasteiger partial charge in [0, 0.05) is 36.2 Å². The second-order valence-corrected chi connectivity index (χ2v) is 8.04. The summed E-state index contributed by atoms with van der Waals surface area (Å²) in [5.74, 6) is -0.529. The van der Waals surface area contributed by atoms with Gasteiger partial charge in [-0.1, -0.05) is 30.3 Å². The number of para-hydroxylation sites is 1. The van der Waals surface area contributed by atoms with Crippen LogP contribution in [0, 0.1) is 0 Å². The van der Waals surface area contributed by atoms with E-state index in [-0.39, 0.29) is 11.5 Å². The van der Waals surface area contributed by atoms with Gasteiger partial charge in [0.15, 0.2) is 0 Å². The fraction of sp³-hybridized carbons (Fsp3) is 0.292. The number of hydrogen-bond donors (Lipinski definition) is 1. The number of amides is 2. The summed E-state index contributed by atoms with van der Waals surface area (Å²) in [6.07, 6.45) is -2.30. The number of nitrogens with one attached hydrogen (secondary N) is 1. The van der Waals surface area contributed by atoms with Crippen LogP contribution < -0.4 is 5.32 Å². The summed E-state index contributed by atoms with van der Waals surface area (Å²) in [4.78, 5) is 31.4. The van der Waals surface area contributed by atoms with E-state index in [1.807, 2.05) is 35.6 Å². The Kier molecular flexibility index (Phi) is 5.86. The van der Waals surface area contributed by atoms with Crippen LogP contribution >= 0.6 is 0 Å². The molecular formula is C24H22F3N3O2. The number of halogens is 3. The molecule has 2 amide bonds. The Morgan fingerprint density at radius 3 is 2.44 bits per heavy atom. The molecule has 32 heavy (non-hydrogen) atoms. The molecule has 3 aromatic rings. The number of fused-ring (bicyclic) bond motifs is 1. The maximum Gasteiger partial charge on any atom is 0.405 e. The molecule has 1 aromatic heterocycles. The quantitative estimate of drug-likeness (QED) is 0.604. The molecule has 1 aliphatic rings. The van der Waals surface area contributed by atoms with E-state index in [1.165, 1.54) is 12.1 Å². The first-order valence-electron chi connectivity index (χ1n) is 10.3. The lowest BCUT2D eigenvalue weighted by atomic mass is 10.0. The minimum atomic E-state index is -4.46. The van der Waals surface area contributed by atoms with Crippen molar-refractivity contribution in [2.45, 2.75) is 31.5 Å². The highest BCUT2D eigenvalue weighted by atomic mass is 19.4. The maximum absolute atomic E-state index is 13.2. The molecule has 0 atom stereocenters. The zero-order valence-electron chi connectivity index (χ0n) is 17.4. The molecular weight excluding hydrogens is 419 g/mol. The lowest BCUT2D eigenvalue weighted by Crippen LogP contribution is -2.33. The van der Waals surface area contributed by atoms with Crippen LogP contribution in [0.1, 0.15) is 50.7 Å². The average molecular weight is 441 g/mol. The smallest absolute Gasteiger partial charge is 0.343 e. The Balaban J connectivity index is 1.48. The van der Waals surface area contributed by atoms with Crippen LogP contribution in [-0.2, 0) is 6.54 Å². The number of pyridine rings is 1. The van der Waals surface area contributed by atoms with E-state index >= 15 is 0 Å². The number of nitrogens with zero attached hydrogens (tertiary/aromatic N) is 2. The Morgan fingerprint density at radius 2 is 1.78 bits per heavy atom. The van der Waals surface area contributed by atoms with Crippen molar-refractivity contribution in [1.82, 2.24) is 15.2 Å². The van der Waals surface area contributed by atoms with Gasteiger partial charge in [0.05, 0.1) is 11.1 Å². The number of carbonyl (C=O) groups excluding carboxylic acids is 2. The molecule has 0 spiro atoms. The number of carbonyl (C=O) groups is 2. The Labute approximate surface area is 183 Å². The minimum absolute atomic E-state index is 0.126. The van der Waals surface area contributed by atoms with E-state index in [1.54, 1.807) is 24.1 Å². The third-order valence-electron chi connectivity index (χ3n) is 5.39. The molecule has 2 aromatic carbocycles. The van der Waals surface area contributed by atoms with E-state index < -0.39 is 18.6 Å². The lowest BCUT2D eigenvalue weighted by Gasteiger charge is -2.19. The van der Waals surface area contributed by atoms with Gasteiger partial charge in [0.25, 0.3) is 11.8 Å². The van der Waals surface area contributed by atoms with Crippen molar-refractivity contribution in [3.63, 3.8) is 0 Å². The van der Waals surface area contributed by atoms with Gasteiger partial charge in [0.2, 0.25) is 0 Å². The van der Waals surface area contributed by atoms with Crippen LogP contribution in [0.2, 0.25) is 0 Å². The van der Waals surface area contributed by atoms with Crippen molar-refractivity contribution in [2.24, 2.45) is 0 Å². The SMILES string of the molecule is CN(Cc1ccc(C(=O)NCC(F)(F)F)cc1)C(=O)c1cc(C2CC2)nc2ccccc12. The van der Waals surface area contributed by atoms with Crippen molar-refractivity contribution in [2.75, 3.05) is 13.6 Å². The highest BCUT2D eigenvalue weighted by molar-refractivity contribution is 6.06. The van der Waals surface area contributed by atoms with Crippen molar-refractivity contribution in [3.05, 3.63) is 77.0 Å². The predicted molar refractivity (Wildman–Crippen MR) is 114 cm³/mol. The molecule has 1 saturated carbocycles. The van der Waals surface area contributed by atoms with Crippen molar-refractivity contribution < 1.29 is 22.8 Å². The van der Waals surface area contributed by atoms with Crippen LogP contribution in [0.15, 0.2) is 54.6 Å². The third kappa shape index (κ3) is 5.07. The normalized spacial score (nSPS) is 13.8. The second kappa shape index (κ2) is 8.61. The molecule has 1 aliphatic carbocycles. The average Bonchev–Trinajstić information content (AvgIpc) is 3.61. The molecule has 166 valence electrons. The Morgan fingerprint density at radius 1 is 1.09 bits per heavy atom. The fourth-order valence-electron chi connectivity index (χ4n) is 3.56. The summed E-state index contributed by atoms with van der Waals surface area (Å²) in [7, 11) is 1.69. The van der Waals surface area contributed by atoms with Crippen LogP contribution in [0.4, 0.5) is 13.2 Å². The molecule has 1 heterocycles. The monoisotopic (exact) mass is 441 g/mol. The van der Waals surface area contributed by atoms with Gasteiger partial charge in [0.1, 0.15) is 6.54 Å². The summed E-state index contributed by atoms with van der Waals surface area (Å²) in [6, 6.07) is 15.6. The van der Waals surface area contributed by atoms with Gasteiger partial charge < -0.3 is 10.2 Å². The highest BCUT2D eigenvalue weighted by Crippen LogP contribution is 2.40. The van der Waals surface area contributed by atoms with Crippen LogP contribution in [0.25, 0.3) is 10.9 Å². The largest absolute Gasteiger partial charge is 0.405 e. The lowest BCUT2D eigenvalue weighted by molar-refractivity contribution is -0.123. The maximum atomic E-state index is 13.2. The first kappa shape index (κ1) is 21.8. The van der Waals surface area contributed by atoms with E-state index in [4.69, 9.17) is 4.98 Å². The van der Waals surface area contributed by atoms with Gasteiger partial charge >= 0.3 is 6.18 Å². The standard InChI is InChI=1S/C24H22F3N3O2/c1-30(13-15-6-8-17(9-7-15)22(31)28-14-24(25,26)27)23(32)19-12-21(16-10-11-16)29-20-5-3-2-4-18(19)20/h2-9,12,16H,10-11,13-14H2,1H3,(H,28,31). The van der Waals surface area contributed by atoms with E-state index in [2.05, 4.69) is 0 Å². The molecule has 0 saturated heterocycles. The molecule has 8 heteroatoms. The number of rotatable bonds is 6. The number of benzene rings is 2. The summed E-state index contributed by atoms with van der Waals surface area (Å²) in [5, 5.41) is 2.64. The molecule has 4 rings (SSSR count). The molecule has 1 fully saturated rings. The van der Waals surface area contributed by atoms with Crippen LogP contribution in [0.5, 0.6) is 0 Å². The minimum Gasteiger partial charge on any atom is -0.343 e. The van der Waals surface area contributed by atoms with Crippen molar-refractivity contribution in [1.29, 1.82) is 0 Å². The van der Waals surface area contributed by atoms with Gasteiger partial charge in [-0.25, -0.2) is 0 Å². The number of hydrogen-bond acceptors (Lipinski definition) is 3. The zero-order chi connectivity index (χ0) is 22.9. The van der Waals surface area contributed by atoms with Crippen LogP contribution in [-0.4, -0.2) is 41.5 Å². The number of aromatic nitrogens is 1. The number of alkyl halides is 3. The predicted octanol–water partition coefficient (Wildman–Crippen LogP) is 4.68. The van der Waals surface area contributed by atoms with E-state index in [9.17, 15) is 22.8 Å². The van der Waals surface area contributed by atoms with E-state index in [0.29, 0.717) is 18.0 Å². The van der Waals surface area contributed by atoms with Gasteiger partial charge in [-0.2, -0.15) is 13.2 Å².